The number of amides is 1. The maximum absolute atomic E-state index is 13.0. The Labute approximate surface area is 154 Å². The van der Waals surface area contributed by atoms with Crippen molar-refractivity contribution in [1.29, 1.82) is 0 Å². The van der Waals surface area contributed by atoms with E-state index in [9.17, 15) is 14.0 Å². The molecule has 1 N–H and O–H groups in total. The molecule has 1 amide bonds. The largest absolute Gasteiger partial charge is 0.452 e. The van der Waals surface area contributed by atoms with E-state index in [1.807, 2.05) is 39.0 Å². The van der Waals surface area contributed by atoms with E-state index in [0.29, 0.717) is 0 Å². The predicted octanol–water partition coefficient (Wildman–Crippen LogP) is 4.24. The molecule has 0 bridgehead atoms. The van der Waals surface area contributed by atoms with Gasteiger partial charge in [0.15, 0.2) is 6.61 Å². The number of carbonyl (C=O) groups is 2. The molecule has 6 heteroatoms. The van der Waals surface area contributed by atoms with E-state index in [4.69, 9.17) is 4.74 Å². The van der Waals surface area contributed by atoms with E-state index in [2.05, 4.69) is 21.2 Å². The van der Waals surface area contributed by atoms with Crippen LogP contribution in [0.25, 0.3) is 0 Å². The summed E-state index contributed by atoms with van der Waals surface area (Å²) in [5.41, 5.74) is 3.47. The molecule has 0 spiro atoms. The molecular weight excluding hydrogens is 389 g/mol. The Kier molecular flexibility index (Phi) is 6.31. The number of carbonyl (C=O) groups excluding carboxylic acids is 2. The monoisotopic (exact) mass is 407 g/mol. The van der Waals surface area contributed by atoms with Crippen LogP contribution in [0.1, 0.15) is 40.0 Å². The lowest BCUT2D eigenvalue weighted by atomic mass is 10.0. The summed E-state index contributed by atoms with van der Waals surface area (Å²) in [7, 11) is 0. The number of benzene rings is 2. The Balaban J connectivity index is 1.91. The zero-order valence-corrected chi connectivity index (χ0v) is 15.8. The van der Waals surface area contributed by atoms with Crippen LogP contribution in [0.5, 0.6) is 0 Å². The van der Waals surface area contributed by atoms with Gasteiger partial charge in [-0.15, -0.1) is 0 Å². The van der Waals surface area contributed by atoms with Gasteiger partial charge in [0, 0.05) is 4.47 Å². The quantitative estimate of drug-likeness (QED) is 0.754. The highest BCUT2D eigenvalue weighted by atomic mass is 79.9. The third-order valence-electron chi connectivity index (χ3n) is 3.89. The number of hydrogen-bond donors (Lipinski definition) is 1. The Hall–Kier alpha value is -2.21. The standard InChI is InChI=1S/C19H19BrFNO3/c1-11-4-5-14(8-12(11)2)13(3)22-18(23)10-25-19(24)16-7-6-15(21)9-17(16)20/h4-9,13H,10H2,1-3H3,(H,22,23)/t13-/m1/s1. The summed E-state index contributed by atoms with van der Waals surface area (Å²) in [6, 6.07) is 9.39. The topological polar surface area (TPSA) is 55.4 Å². The first-order chi connectivity index (χ1) is 11.8. The lowest BCUT2D eigenvalue weighted by Crippen LogP contribution is -2.31. The summed E-state index contributed by atoms with van der Waals surface area (Å²) in [4.78, 5) is 24.0. The summed E-state index contributed by atoms with van der Waals surface area (Å²) in [6.07, 6.45) is 0. The molecule has 2 aromatic rings. The molecule has 0 saturated heterocycles. The molecular formula is C19H19BrFNO3. The van der Waals surface area contributed by atoms with Crippen molar-refractivity contribution >= 4 is 27.8 Å². The van der Waals surface area contributed by atoms with Gasteiger partial charge in [-0.2, -0.15) is 0 Å². The lowest BCUT2D eigenvalue weighted by molar-refractivity contribution is -0.124. The second-order valence-corrected chi connectivity index (χ2v) is 6.69. The van der Waals surface area contributed by atoms with Crippen molar-refractivity contribution in [1.82, 2.24) is 5.32 Å². The number of esters is 1. The Bertz CT molecular complexity index is 807. The second kappa shape index (κ2) is 8.25. The SMILES string of the molecule is Cc1ccc([C@@H](C)NC(=O)COC(=O)c2ccc(F)cc2Br)cc1C. The van der Waals surface area contributed by atoms with Crippen LogP contribution in [-0.4, -0.2) is 18.5 Å². The number of ether oxygens (including phenoxy) is 1. The van der Waals surface area contributed by atoms with Crippen molar-refractivity contribution in [3.8, 4) is 0 Å². The van der Waals surface area contributed by atoms with Gasteiger partial charge in [0.1, 0.15) is 5.82 Å². The van der Waals surface area contributed by atoms with Crippen LogP contribution in [0.2, 0.25) is 0 Å². The third-order valence-corrected chi connectivity index (χ3v) is 4.55. The fourth-order valence-corrected chi connectivity index (χ4v) is 2.78. The van der Waals surface area contributed by atoms with Gasteiger partial charge in [-0.05, 0) is 71.6 Å². The van der Waals surface area contributed by atoms with Gasteiger partial charge < -0.3 is 10.1 Å². The van der Waals surface area contributed by atoms with Crippen LogP contribution >= 0.6 is 15.9 Å². The Morgan fingerprint density at radius 2 is 1.88 bits per heavy atom. The van der Waals surface area contributed by atoms with Crippen LogP contribution in [0.4, 0.5) is 4.39 Å². The average Bonchev–Trinajstić information content (AvgIpc) is 2.55. The smallest absolute Gasteiger partial charge is 0.339 e. The molecule has 0 aliphatic rings. The summed E-state index contributed by atoms with van der Waals surface area (Å²) in [5, 5.41) is 2.79. The van der Waals surface area contributed by atoms with E-state index in [0.717, 1.165) is 17.2 Å². The normalized spacial score (nSPS) is 11.7. The van der Waals surface area contributed by atoms with Gasteiger partial charge in [0.05, 0.1) is 11.6 Å². The van der Waals surface area contributed by atoms with Crippen LogP contribution < -0.4 is 5.32 Å². The number of hydrogen-bond acceptors (Lipinski definition) is 3. The van der Waals surface area contributed by atoms with Crippen molar-refractivity contribution in [3.63, 3.8) is 0 Å². The first-order valence-corrected chi connectivity index (χ1v) is 8.56. The van der Waals surface area contributed by atoms with Crippen molar-refractivity contribution < 1.29 is 18.7 Å². The van der Waals surface area contributed by atoms with Crippen molar-refractivity contribution in [3.05, 3.63) is 68.9 Å². The van der Waals surface area contributed by atoms with Crippen LogP contribution in [-0.2, 0) is 9.53 Å². The van der Waals surface area contributed by atoms with Crippen molar-refractivity contribution in [2.75, 3.05) is 6.61 Å². The molecule has 0 unspecified atom stereocenters. The Morgan fingerprint density at radius 3 is 2.52 bits per heavy atom. The zero-order chi connectivity index (χ0) is 18.6. The average molecular weight is 408 g/mol. The van der Waals surface area contributed by atoms with E-state index >= 15 is 0 Å². The molecule has 4 nitrogen and oxygen atoms in total. The molecule has 25 heavy (non-hydrogen) atoms. The fraction of sp³-hybridized carbons (Fsp3) is 0.263. The molecule has 0 radical (unpaired) electrons. The van der Waals surface area contributed by atoms with Crippen molar-refractivity contribution in [2.45, 2.75) is 26.8 Å². The second-order valence-electron chi connectivity index (χ2n) is 5.83. The summed E-state index contributed by atoms with van der Waals surface area (Å²) >= 11 is 3.10. The highest BCUT2D eigenvalue weighted by Crippen LogP contribution is 2.19. The van der Waals surface area contributed by atoms with E-state index < -0.39 is 24.3 Å². The van der Waals surface area contributed by atoms with Gasteiger partial charge >= 0.3 is 5.97 Å². The van der Waals surface area contributed by atoms with Crippen molar-refractivity contribution in [2.24, 2.45) is 0 Å². The zero-order valence-electron chi connectivity index (χ0n) is 14.2. The number of rotatable bonds is 5. The van der Waals surface area contributed by atoms with E-state index in [1.54, 1.807) is 0 Å². The third kappa shape index (κ3) is 5.13. The van der Waals surface area contributed by atoms with Crippen LogP contribution in [0, 0.1) is 19.7 Å². The molecule has 2 aromatic carbocycles. The highest BCUT2D eigenvalue weighted by Gasteiger charge is 2.16. The fourth-order valence-electron chi connectivity index (χ4n) is 2.26. The minimum absolute atomic E-state index is 0.163. The summed E-state index contributed by atoms with van der Waals surface area (Å²) in [5.74, 6) is -1.57. The highest BCUT2D eigenvalue weighted by molar-refractivity contribution is 9.10. The van der Waals surface area contributed by atoms with Gasteiger partial charge in [-0.3, -0.25) is 4.79 Å². The minimum atomic E-state index is -0.694. The molecule has 1 atom stereocenters. The lowest BCUT2D eigenvalue weighted by Gasteiger charge is -2.16. The van der Waals surface area contributed by atoms with Gasteiger partial charge in [0.25, 0.3) is 5.91 Å². The number of nitrogens with one attached hydrogen (secondary N) is 1. The van der Waals surface area contributed by atoms with E-state index in [-0.39, 0.29) is 16.1 Å². The first kappa shape index (κ1) is 19.1. The molecule has 2 rings (SSSR count). The van der Waals surface area contributed by atoms with Crippen LogP contribution in [0.15, 0.2) is 40.9 Å². The van der Waals surface area contributed by atoms with Gasteiger partial charge in [0.2, 0.25) is 0 Å². The maximum Gasteiger partial charge on any atom is 0.339 e. The molecule has 0 aliphatic heterocycles. The van der Waals surface area contributed by atoms with Gasteiger partial charge in [-0.25, -0.2) is 9.18 Å². The summed E-state index contributed by atoms with van der Waals surface area (Å²) in [6.45, 7) is 5.49. The first-order valence-electron chi connectivity index (χ1n) is 7.76. The molecule has 0 fully saturated rings. The molecule has 0 heterocycles. The predicted molar refractivity (Wildman–Crippen MR) is 96.9 cm³/mol. The molecule has 0 saturated carbocycles. The Morgan fingerprint density at radius 1 is 1.16 bits per heavy atom. The van der Waals surface area contributed by atoms with Crippen LogP contribution in [0.3, 0.4) is 0 Å². The maximum atomic E-state index is 13.0. The number of halogens is 2. The minimum Gasteiger partial charge on any atom is -0.452 e. The van der Waals surface area contributed by atoms with E-state index in [1.165, 1.54) is 17.7 Å². The molecule has 0 aliphatic carbocycles. The van der Waals surface area contributed by atoms with Gasteiger partial charge in [-0.1, -0.05) is 18.2 Å². The number of aryl methyl sites for hydroxylation is 2. The molecule has 0 aromatic heterocycles. The summed E-state index contributed by atoms with van der Waals surface area (Å²) < 4.78 is 18.3. The molecule has 132 valence electrons.